The predicted octanol–water partition coefficient (Wildman–Crippen LogP) is 4.10. The molecule has 2 aromatic carbocycles. The Morgan fingerprint density at radius 1 is 1.19 bits per heavy atom. The van der Waals surface area contributed by atoms with E-state index in [1.54, 1.807) is 19.9 Å². The zero-order valence-corrected chi connectivity index (χ0v) is 14.3. The van der Waals surface area contributed by atoms with E-state index in [4.69, 9.17) is 4.42 Å². The standard InChI is InChI=1S/C17H14N4O6/c1-9-5-12(22)7-13-14(8-27-17(9)13)10(2)18-19-15-4-3-11(20(23)24)6-16(15)21(25)26/h3-8,19,22H,1-2H3/b18-10-. The quantitative estimate of drug-likeness (QED) is 0.391. The van der Waals surface area contributed by atoms with Gasteiger partial charge in [0.1, 0.15) is 23.3 Å². The summed E-state index contributed by atoms with van der Waals surface area (Å²) in [4.78, 5) is 20.5. The highest BCUT2D eigenvalue weighted by molar-refractivity contribution is 6.09. The SMILES string of the molecule is C/C(=N/Nc1ccc([N+](=O)[O-])cc1[N+](=O)[O-])c1coc2c(C)cc(O)cc12. The molecule has 2 N–H and O–H groups in total. The van der Waals surface area contributed by atoms with Crippen molar-refractivity contribution in [2.24, 2.45) is 5.10 Å². The van der Waals surface area contributed by atoms with Crippen molar-refractivity contribution in [2.75, 3.05) is 5.43 Å². The molecule has 1 aromatic heterocycles. The number of furan rings is 1. The first kappa shape index (κ1) is 17.9. The van der Waals surface area contributed by atoms with Gasteiger partial charge in [-0.05, 0) is 37.6 Å². The summed E-state index contributed by atoms with van der Waals surface area (Å²) in [5, 5.41) is 36.5. The molecule has 0 saturated carbocycles. The average Bonchev–Trinajstić information content (AvgIpc) is 3.03. The Kier molecular flexibility index (Phi) is 4.46. The van der Waals surface area contributed by atoms with E-state index in [9.17, 15) is 25.3 Å². The molecule has 10 nitrogen and oxygen atoms in total. The van der Waals surface area contributed by atoms with Crippen LogP contribution in [0.5, 0.6) is 5.75 Å². The molecule has 1 heterocycles. The number of nitrogens with one attached hydrogen (secondary N) is 1. The largest absolute Gasteiger partial charge is 0.508 e. The number of nitrogens with zero attached hydrogens (tertiary/aromatic N) is 3. The minimum absolute atomic E-state index is 0.0109. The highest BCUT2D eigenvalue weighted by atomic mass is 16.6. The van der Waals surface area contributed by atoms with Crippen LogP contribution in [0.25, 0.3) is 11.0 Å². The van der Waals surface area contributed by atoms with Gasteiger partial charge in [-0.15, -0.1) is 0 Å². The Morgan fingerprint density at radius 2 is 1.93 bits per heavy atom. The van der Waals surface area contributed by atoms with Crippen molar-refractivity contribution in [3.8, 4) is 5.75 Å². The fraction of sp³-hybridized carbons (Fsp3) is 0.118. The van der Waals surface area contributed by atoms with Crippen LogP contribution in [0.15, 0.2) is 46.1 Å². The van der Waals surface area contributed by atoms with E-state index < -0.39 is 15.5 Å². The molecule has 0 amide bonds. The second kappa shape index (κ2) is 6.75. The molecule has 10 heteroatoms. The molecule has 27 heavy (non-hydrogen) atoms. The van der Waals surface area contributed by atoms with Gasteiger partial charge in [-0.1, -0.05) is 0 Å². The number of aromatic hydroxyl groups is 1. The first-order chi connectivity index (χ1) is 12.8. The molecule has 0 bridgehead atoms. The van der Waals surface area contributed by atoms with Crippen LogP contribution in [0.1, 0.15) is 18.1 Å². The monoisotopic (exact) mass is 370 g/mol. The number of nitro benzene ring substituents is 2. The average molecular weight is 370 g/mol. The van der Waals surface area contributed by atoms with Gasteiger partial charge in [0.25, 0.3) is 5.69 Å². The lowest BCUT2D eigenvalue weighted by Gasteiger charge is -2.04. The lowest BCUT2D eigenvalue weighted by Crippen LogP contribution is -2.02. The van der Waals surface area contributed by atoms with Gasteiger partial charge in [-0.2, -0.15) is 5.10 Å². The van der Waals surface area contributed by atoms with Gasteiger partial charge in [0, 0.05) is 17.0 Å². The van der Waals surface area contributed by atoms with Crippen molar-refractivity contribution in [1.29, 1.82) is 0 Å². The maximum absolute atomic E-state index is 11.2. The van der Waals surface area contributed by atoms with Gasteiger partial charge < -0.3 is 9.52 Å². The molecule has 0 radical (unpaired) electrons. The number of phenols is 1. The van der Waals surface area contributed by atoms with Crippen LogP contribution in [0, 0.1) is 27.2 Å². The minimum Gasteiger partial charge on any atom is -0.508 e. The molecule has 0 saturated heterocycles. The van der Waals surface area contributed by atoms with Crippen LogP contribution in [0.2, 0.25) is 0 Å². The Hall–Kier alpha value is -3.95. The summed E-state index contributed by atoms with van der Waals surface area (Å²) in [6, 6.07) is 6.34. The van der Waals surface area contributed by atoms with Crippen LogP contribution < -0.4 is 5.43 Å². The summed E-state index contributed by atoms with van der Waals surface area (Å²) in [5.74, 6) is 0.0782. The van der Waals surface area contributed by atoms with Gasteiger partial charge in [0.2, 0.25) is 0 Å². The molecule has 0 aliphatic rings. The second-order valence-electron chi connectivity index (χ2n) is 5.81. The number of fused-ring (bicyclic) bond motifs is 1. The summed E-state index contributed by atoms with van der Waals surface area (Å²) in [7, 11) is 0. The zero-order valence-electron chi connectivity index (χ0n) is 14.3. The summed E-state index contributed by atoms with van der Waals surface area (Å²) in [6.07, 6.45) is 1.47. The molecular weight excluding hydrogens is 356 g/mol. The predicted molar refractivity (Wildman–Crippen MR) is 98.2 cm³/mol. The van der Waals surface area contributed by atoms with Gasteiger partial charge in [-0.25, -0.2) is 0 Å². The number of aryl methyl sites for hydroxylation is 1. The number of anilines is 1. The Bertz CT molecular complexity index is 1100. The van der Waals surface area contributed by atoms with Gasteiger partial charge >= 0.3 is 5.69 Å². The number of benzene rings is 2. The number of phenolic OH excluding ortho intramolecular Hbond substituents is 1. The van der Waals surface area contributed by atoms with Crippen molar-refractivity contribution in [1.82, 2.24) is 0 Å². The topological polar surface area (TPSA) is 144 Å². The lowest BCUT2D eigenvalue weighted by molar-refractivity contribution is -0.393. The van der Waals surface area contributed by atoms with E-state index in [2.05, 4.69) is 10.5 Å². The van der Waals surface area contributed by atoms with Gasteiger partial charge in [-0.3, -0.25) is 25.7 Å². The summed E-state index contributed by atoms with van der Waals surface area (Å²) in [5.41, 5.74) is 4.11. The van der Waals surface area contributed by atoms with Crippen molar-refractivity contribution in [2.45, 2.75) is 13.8 Å². The number of hydrazone groups is 1. The fourth-order valence-electron chi connectivity index (χ4n) is 2.66. The molecule has 0 spiro atoms. The second-order valence-corrected chi connectivity index (χ2v) is 5.81. The van der Waals surface area contributed by atoms with Gasteiger partial charge in [0.15, 0.2) is 0 Å². The van der Waals surface area contributed by atoms with Gasteiger partial charge in [0.05, 0.1) is 21.6 Å². The normalized spacial score (nSPS) is 11.6. The fourth-order valence-corrected chi connectivity index (χ4v) is 2.66. The molecule has 3 aromatic rings. The number of hydrogen-bond acceptors (Lipinski definition) is 8. The molecule has 3 rings (SSSR count). The molecular formula is C17H14N4O6. The van der Waals surface area contributed by atoms with Crippen molar-refractivity contribution in [3.05, 3.63) is 68.0 Å². The van der Waals surface area contributed by atoms with Crippen LogP contribution in [0.4, 0.5) is 17.1 Å². The zero-order chi connectivity index (χ0) is 19.7. The molecule has 0 fully saturated rings. The van der Waals surface area contributed by atoms with E-state index in [1.807, 2.05) is 0 Å². The van der Waals surface area contributed by atoms with E-state index >= 15 is 0 Å². The number of nitro groups is 2. The third-order valence-electron chi connectivity index (χ3n) is 3.97. The number of non-ortho nitro benzene ring substituents is 1. The van der Waals surface area contributed by atoms with E-state index in [1.165, 1.54) is 18.4 Å². The highest BCUT2D eigenvalue weighted by Gasteiger charge is 2.19. The molecule has 0 aliphatic heterocycles. The Labute approximate surface area is 152 Å². The third-order valence-corrected chi connectivity index (χ3v) is 3.97. The lowest BCUT2D eigenvalue weighted by atomic mass is 10.1. The van der Waals surface area contributed by atoms with Crippen LogP contribution in [-0.4, -0.2) is 20.7 Å². The maximum Gasteiger partial charge on any atom is 0.301 e. The van der Waals surface area contributed by atoms with Crippen molar-refractivity contribution >= 4 is 33.7 Å². The van der Waals surface area contributed by atoms with Crippen LogP contribution in [-0.2, 0) is 0 Å². The summed E-state index contributed by atoms with van der Waals surface area (Å²) < 4.78 is 5.51. The van der Waals surface area contributed by atoms with E-state index in [0.29, 0.717) is 22.2 Å². The molecule has 0 unspecified atom stereocenters. The number of rotatable bonds is 5. The van der Waals surface area contributed by atoms with E-state index in [-0.39, 0.29) is 17.1 Å². The smallest absolute Gasteiger partial charge is 0.301 e. The highest BCUT2D eigenvalue weighted by Crippen LogP contribution is 2.31. The van der Waals surface area contributed by atoms with Crippen molar-refractivity contribution in [3.63, 3.8) is 0 Å². The third kappa shape index (κ3) is 3.40. The molecule has 0 aliphatic carbocycles. The maximum atomic E-state index is 11.2. The Balaban J connectivity index is 1.97. The first-order valence-electron chi connectivity index (χ1n) is 7.72. The van der Waals surface area contributed by atoms with Crippen LogP contribution >= 0.6 is 0 Å². The Morgan fingerprint density at radius 3 is 2.59 bits per heavy atom. The summed E-state index contributed by atoms with van der Waals surface area (Å²) >= 11 is 0. The minimum atomic E-state index is -0.727. The van der Waals surface area contributed by atoms with Crippen LogP contribution in [0.3, 0.4) is 0 Å². The molecule has 138 valence electrons. The number of hydrogen-bond donors (Lipinski definition) is 2. The van der Waals surface area contributed by atoms with E-state index in [0.717, 1.165) is 17.7 Å². The molecule has 0 atom stereocenters. The first-order valence-corrected chi connectivity index (χ1v) is 7.72. The van der Waals surface area contributed by atoms with Crippen molar-refractivity contribution < 1.29 is 19.4 Å². The summed E-state index contributed by atoms with van der Waals surface area (Å²) in [6.45, 7) is 3.45.